The van der Waals surface area contributed by atoms with Crippen LogP contribution in [-0.2, 0) is 4.79 Å². The average Bonchev–Trinajstić information content (AvgIpc) is 2.92. The number of carboxylic acids is 1. The average molecular weight is 298 g/mol. The molecule has 0 spiro atoms. The second-order valence-electron chi connectivity index (χ2n) is 5.16. The molecule has 0 radical (unpaired) electrons. The van der Waals surface area contributed by atoms with Crippen molar-refractivity contribution in [3.05, 3.63) is 22.2 Å². The third kappa shape index (κ3) is 2.21. The van der Waals surface area contributed by atoms with Gasteiger partial charge in [0.15, 0.2) is 11.5 Å². The van der Waals surface area contributed by atoms with E-state index in [1.807, 2.05) is 13.0 Å². The Labute approximate surface area is 121 Å². The molecule has 2 unspecified atom stereocenters. The van der Waals surface area contributed by atoms with Gasteiger partial charge in [0.1, 0.15) is 13.2 Å². The van der Waals surface area contributed by atoms with Crippen LogP contribution >= 0.6 is 11.6 Å². The Morgan fingerprint density at radius 1 is 1.45 bits per heavy atom. The Kier molecular flexibility index (Phi) is 3.48. The molecule has 2 aliphatic rings. The predicted octanol–water partition coefficient (Wildman–Crippen LogP) is 2.15. The zero-order valence-electron chi connectivity index (χ0n) is 11.1. The SMILES string of the molecule is Cc1c(C2CC(C(=O)O)CN2)cc2c(c1Cl)OCCO2. The van der Waals surface area contributed by atoms with E-state index in [9.17, 15) is 4.79 Å². The minimum Gasteiger partial charge on any atom is -0.486 e. The maximum atomic E-state index is 11.1. The van der Waals surface area contributed by atoms with Crippen molar-refractivity contribution in [1.82, 2.24) is 5.32 Å². The summed E-state index contributed by atoms with van der Waals surface area (Å²) in [5, 5.41) is 12.9. The van der Waals surface area contributed by atoms with Gasteiger partial charge >= 0.3 is 5.97 Å². The fourth-order valence-electron chi connectivity index (χ4n) is 2.78. The summed E-state index contributed by atoms with van der Waals surface area (Å²) in [6.45, 7) is 3.40. The van der Waals surface area contributed by atoms with Crippen molar-refractivity contribution < 1.29 is 19.4 Å². The standard InChI is InChI=1S/C14H16ClNO4/c1-7-9(10-4-8(6-16-10)14(17)18)5-11-13(12(7)15)20-3-2-19-11/h5,8,10,16H,2-4,6H2,1H3,(H,17,18). The van der Waals surface area contributed by atoms with E-state index in [0.29, 0.717) is 42.7 Å². The summed E-state index contributed by atoms with van der Waals surface area (Å²) in [7, 11) is 0. The van der Waals surface area contributed by atoms with Gasteiger partial charge in [0, 0.05) is 12.6 Å². The summed E-state index contributed by atoms with van der Waals surface area (Å²) in [6.07, 6.45) is 0.562. The first-order valence-corrected chi connectivity index (χ1v) is 7.00. The van der Waals surface area contributed by atoms with Crippen molar-refractivity contribution in [3.63, 3.8) is 0 Å². The van der Waals surface area contributed by atoms with E-state index in [4.69, 9.17) is 26.2 Å². The van der Waals surface area contributed by atoms with Crippen LogP contribution < -0.4 is 14.8 Å². The first-order chi connectivity index (χ1) is 9.58. The van der Waals surface area contributed by atoms with E-state index >= 15 is 0 Å². The molecule has 0 bridgehead atoms. The number of carbonyl (C=O) groups is 1. The number of benzene rings is 1. The van der Waals surface area contributed by atoms with E-state index in [0.717, 1.165) is 11.1 Å². The predicted molar refractivity (Wildman–Crippen MR) is 73.7 cm³/mol. The fraction of sp³-hybridized carbons (Fsp3) is 0.500. The van der Waals surface area contributed by atoms with E-state index in [1.54, 1.807) is 0 Å². The molecule has 1 aromatic rings. The zero-order chi connectivity index (χ0) is 14.3. The Hall–Kier alpha value is -1.46. The third-order valence-corrected chi connectivity index (χ3v) is 4.37. The molecule has 0 aliphatic carbocycles. The lowest BCUT2D eigenvalue weighted by atomic mass is 9.96. The second-order valence-corrected chi connectivity index (χ2v) is 5.54. The van der Waals surface area contributed by atoms with Gasteiger partial charge in [-0.2, -0.15) is 0 Å². The van der Waals surface area contributed by atoms with Gasteiger partial charge in [0.25, 0.3) is 0 Å². The van der Waals surface area contributed by atoms with Crippen LogP contribution in [0.25, 0.3) is 0 Å². The molecule has 3 rings (SSSR count). The minimum atomic E-state index is -0.763. The number of aliphatic carboxylic acids is 1. The maximum absolute atomic E-state index is 11.1. The lowest BCUT2D eigenvalue weighted by Crippen LogP contribution is -2.19. The molecule has 0 amide bonds. The van der Waals surface area contributed by atoms with Crippen molar-refractivity contribution in [3.8, 4) is 11.5 Å². The molecule has 108 valence electrons. The Morgan fingerprint density at radius 3 is 2.90 bits per heavy atom. The van der Waals surface area contributed by atoms with Crippen LogP contribution in [0.4, 0.5) is 0 Å². The molecule has 2 heterocycles. The third-order valence-electron chi connectivity index (χ3n) is 3.91. The maximum Gasteiger partial charge on any atom is 0.307 e. The highest BCUT2D eigenvalue weighted by Crippen LogP contribution is 2.44. The molecule has 2 aliphatic heterocycles. The smallest absolute Gasteiger partial charge is 0.307 e. The Balaban J connectivity index is 1.94. The molecule has 6 heteroatoms. The Bertz CT molecular complexity index is 561. The fourth-order valence-corrected chi connectivity index (χ4v) is 3.04. The molecule has 1 saturated heterocycles. The van der Waals surface area contributed by atoms with Gasteiger partial charge in [-0.05, 0) is 30.5 Å². The summed E-state index contributed by atoms with van der Waals surface area (Å²) in [5.74, 6) is 0.113. The second kappa shape index (κ2) is 5.14. The van der Waals surface area contributed by atoms with Crippen molar-refractivity contribution in [2.75, 3.05) is 19.8 Å². The van der Waals surface area contributed by atoms with Crippen molar-refractivity contribution >= 4 is 17.6 Å². The quantitative estimate of drug-likeness (QED) is 0.875. The largest absolute Gasteiger partial charge is 0.486 e. The number of ether oxygens (including phenoxy) is 2. The molecule has 5 nitrogen and oxygen atoms in total. The first-order valence-electron chi connectivity index (χ1n) is 6.62. The van der Waals surface area contributed by atoms with Crippen molar-refractivity contribution in [1.29, 1.82) is 0 Å². The molecule has 2 atom stereocenters. The Morgan fingerprint density at radius 2 is 2.20 bits per heavy atom. The molecule has 2 N–H and O–H groups in total. The number of carboxylic acid groups (broad SMARTS) is 1. The number of rotatable bonds is 2. The van der Waals surface area contributed by atoms with Crippen molar-refractivity contribution in [2.45, 2.75) is 19.4 Å². The summed E-state index contributed by atoms with van der Waals surface area (Å²) in [6, 6.07) is 1.90. The highest BCUT2D eigenvalue weighted by Gasteiger charge is 2.32. The van der Waals surface area contributed by atoms with Crippen LogP contribution in [0.1, 0.15) is 23.6 Å². The van der Waals surface area contributed by atoms with E-state index in [1.165, 1.54) is 0 Å². The van der Waals surface area contributed by atoms with Crippen LogP contribution in [0.5, 0.6) is 11.5 Å². The highest BCUT2D eigenvalue weighted by atomic mass is 35.5. The molecular formula is C14H16ClNO4. The van der Waals surface area contributed by atoms with Gasteiger partial charge in [0.05, 0.1) is 10.9 Å². The molecule has 1 fully saturated rings. The number of hydrogen-bond donors (Lipinski definition) is 2. The first kappa shape index (κ1) is 13.5. The lowest BCUT2D eigenvalue weighted by Gasteiger charge is -2.24. The molecule has 0 saturated carbocycles. The van der Waals surface area contributed by atoms with Gasteiger partial charge in [-0.25, -0.2) is 0 Å². The van der Waals surface area contributed by atoms with Gasteiger partial charge in [0.2, 0.25) is 0 Å². The molecular weight excluding hydrogens is 282 g/mol. The van der Waals surface area contributed by atoms with Crippen LogP contribution in [0, 0.1) is 12.8 Å². The molecule has 0 aromatic heterocycles. The topological polar surface area (TPSA) is 67.8 Å². The van der Waals surface area contributed by atoms with Crippen LogP contribution in [-0.4, -0.2) is 30.8 Å². The summed E-state index contributed by atoms with van der Waals surface area (Å²) in [5.41, 5.74) is 1.91. The van der Waals surface area contributed by atoms with Crippen LogP contribution in [0.15, 0.2) is 6.07 Å². The van der Waals surface area contributed by atoms with E-state index < -0.39 is 5.97 Å². The lowest BCUT2D eigenvalue weighted by molar-refractivity contribution is -0.141. The normalized spacial score (nSPS) is 24.7. The van der Waals surface area contributed by atoms with Crippen LogP contribution in [0.2, 0.25) is 5.02 Å². The monoisotopic (exact) mass is 297 g/mol. The van der Waals surface area contributed by atoms with Crippen molar-refractivity contribution in [2.24, 2.45) is 5.92 Å². The van der Waals surface area contributed by atoms with Gasteiger partial charge in [-0.1, -0.05) is 11.6 Å². The summed E-state index contributed by atoms with van der Waals surface area (Å²) >= 11 is 6.34. The molecule has 20 heavy (non-hydrogen) atoms. The van der Waals surface area contributed by atoms with Crippen LogP contribution in [0.3, 0.4) is 0 Å². The summed E-state index contributed by atoms with van der Waals surface area (Å²) < 4.78 is 11.1. The van der Waals surface area contributed by atoms with Gasteiger partial charge in [-0.15, -0.1) is 0 Å². The molecule has 1 aromatic carbocycles. The van der Waals surface area contributed by atoms with Gasteiger partial charge in [-0.3, -0.25) is 4.79 Å². The number of hydrogen-bond acceptors (Lipinski definition) is 4. The van der Waals surface area contributed by atoms with E-state index in [2.05, 4.69) is 5.32 Å². The summed E-state index contributed by atoms with van der Waals surface area (Å²) in [4.78, 5) is 11.1. The minimum absolute atomic E-state index is 0.00979. The van der Waals surface area contributed by atoms with E-state index in [-0.39, 0.29) is 12.0 Å². The van der Waals surface area contributed by atoms with Gasteiger partial charge < -0.3 is 19.9 Å². The number of halogens is 1. The zero-order valence-corrected chi connectivity index (χ0v) is 11.9. The number of nitrogens with one attached hydrogen (secondary N) is 1. The number of fused-ring (bicyclic) bond motifs is 1. The highest BCUT2D eigenvalue weighted by molar-refractivity contribution is 6.33.